The van der Waals surface area contributed by atoms with Crippen LogP contribution in [0.1, 0.15) is 38.1 Å². The van der Waals surface area contributed by atoms with E-state index in [1.165, 1.54) is 0 Å². The van der Waals surface area contributed by atoms with Gasteiger partial charge in [0, 0.05) is 67.2 Å². The lowest BCUT2D eigenvalue weighted by molar-refractivity contribution is -0.130. The SMILES string of the molecule is CC(=O)N1CCN(C(=O)c2ccc(Nc3nccc(-c4ccc(NC(=O)C(C)(C)C)cc4)n3)cc2)CC1. The molecule has 37 heavy (non-hydrogen) atoms. The third-order valence-electron chi connectivity index (χ3n) is 6.18. The molecule has 3 amide bonds. The van der Waals surface area contributed by atoms with Crippen molar-refractivity contribution in [3.8, 4) is 11.3 Å². The van der Waals surface area contributed by atoms with Crippen LogP contribution in [-0.2, 0) is 9.59 Å². The van der Waals surface area contributed by atoms with Gasteiger partial charge in [0.05, 0.1) is 5.69 Å². The van der Waals surface area contributed by atoms with E-state index in [1.54, 1.807) is 35.1 Å². The normalized spacial score (nSPS) is 13.7. The molecule has 1 aliphatic rings. The molecule has 192 valence electrons. The molecule has 0 spiro atoms. The van der Waals surface area contributed by atoms with Crippen molar-refractivity contribution in [2.24, 2.45) is 5.41 Å². The molecule has 0 saturated carbocycles. The molecule has 0 atom stereocenters. The molecule has 1 fully saturated rings. The maximum absolute atomic E-state index is 12.8. The highest BCUT2D eigenvalue weighted by molar-refractivity contribution is 5.95. The van der Waals surface area contributed by atoms with E-state index in [0.29, 0.717) is 37.7 Å². The molecular weight excluding hydrogens is 468 g/mol. The number of aromatic nitrogens is 2. The van der Waals surface area contributed by atoms with Gasteiger partial charge in [-0.2, -0.15) is 0 Å². The van der Waals surface area contributed by atoms with Crippen LogP contribution in [-0.4, -0.2) is 63.7 Å². The van der Waals surface area contributed by atoms with E-state index in [-0.39, 0.29) is 17.7 Å². The highest BCUT2D eigenvalue weighted by Gasteiger charge is 2.23. The summed E-state index contributed by atoms with van der Waals surface area (Å²) in [4.78, 5) is 49.0. The summed E-state index contributed by atoms with van der Waals surface area (Å²) in [6, 6.07) is 16.5. The average molecular weight is 501 g/mol. The Labute approximate surface area is 216 Å². The van der Waals surface area contributed by atoms with Crippen molar-refractivity contribution in [3.05, 3.63) is 66.4 Å². The Hall–Kier alpha value is -4.27. The van der Waals surface area contributed by atoms with E-state index in [9.17, 15) is 14.4 Å². The van der Waals surface area contributed by atoms with Crippen molar-refractivity contribution in [1.82, 2.24) is 19.8 Å². The van der Waals surface area contributed by atoms with Gasteiger partial charge in [-0.3, -0.25) is 14.4 Å². The van der Waals surface area contributed by atoms with Gasteiger partial charge >= 0.3 is 0 Å². The van der Waals surface area contributed by atoms with Gasteiger partial charge in [0.1, 0.15) is 0 Å². The number of benzene rings is 2. The van der Waals surface area contributed by atoms with Crippen LogP contribution in [0.2, 0.25) is 0 Å². The fraction of sp³-hybridized carbons (Fsp3) is 0.321. The number of nitrogens with zero attached hydrogens (tertiary/aromatic N) is 4. The number of carbonyl (C=O) groups excluding carboxylic acids is 3. The van der Waals surface area contributed by atoms with E-state index in [1.807, 2.05) is 63.2 Å². The van der Waals surface area contributed by atoms with Gasteiger partial charge in [-0.05, 0) is 42.5 Å². The van der Waals surface area contributed by atoms with Crippen LogP contribution < -0.4 is 10.6 Å². The van der Waals surface area contributed by atoms with Gasteiger partial charge in [0.2, 0.25) is 17.8 Å². The molecule has 1 aliphatic heterocycles. The van der Waals surface area contributed by atoms with Gasteiger partial charge < -0.3 is 20.4 Å². The third-order valence-corrected chi connectivity index (χ3v) is 6.18. The highest BCUT2D eigenvalue weighted by atomic mass is 16.2. The Morgan fingerprint density at radius 2 is 1.41 bits per heavy atom. The molecule has 4 rings (SSSR count). The summed E-state index contributed by atoms with van der Waals surface area (Å²) in [5, 5.41) is 6.10. The molecule has 9 heteroatoms. The molecule has 0 unspecified atom stereocenters. The topological polar surface area (TPSA) is 108 Å². The van der Waals surface area contributed by atoms with Crippen LogP contribution in [0.4, 0.5) is 17.3 Å². The zero-order valence-electron chi connectivity index (χ0n) is 21.6. The molecule has 0 bridgehead atoms. The fourth-order valence-corrected chi connectivity index (χ4v) is 3.85. The zero-order chi connectivity index (χ0) is 26.6. The maximum atomic E-state index is 12.8. The van der Waals surface area contributed by atoms with Crippen LogP contribution in [0.15, 0.2) is 60.8 Å². The first-order valence-electron chi connectivity index (χ1n) is 12.3. The summed E-state index contributed by atoms with van der Waals surface area (Å²) in [7, 11) is 0. The highest BCUT2D eigenvalue weighted by Crippen LogP contribution is 2.23. The average Bonchev–Trinajstić information content (AvgIpc) is 2.89. The number of hydrogen-bond donors (Lipinski definition) is 2. The van der Waals surface area contributed by atoms with Crippen molar-refractivity contribution >= 4 is 35.0 Å². The quantitative estimate of drug-likeness (QED) is 0.544. The van der Waals surface area contributed by atoms with Crippen molar-refractivity contribution in [2.45, 2.75) is 27.7 Å². The zero-order valence-corrected chi connectivity index (χ0v) is 21.6. The monoisotopic (exact) mass is 500 g/mol. The van der Waals surface area contributed by atoms with Crippen LogP contribution in [0.25, 0.3) is 11.3 Å². The molecular formula is C28H32N6O3. The standard InChI is InChI=1S/C28H32N6O3/c1-19(35)33-15-17-34(18-16-33)25(36)21-7-11-23(12-8-21)31-27-29-14-13-24(32-27)20-5-9-22(10-6-20)30-26(37)28(2,3)4/h5-14H,15-18H2,1-4H3,(H,30,37)(H,29,31,32). The third kappa shape index (κ3) is 6.49. The first-order chi connectivity index (χ1) is 17.6. The molecule has 9 nitrogen and oxygen atoms in total. The lowest BCUT2D eigenvalue weighted by Crippen LogP contribution is -2.50. The summed E-state index contributed by atoms with van der Waals surface area (Å²) in [5.74, 6) is 0.379. The van der Waals surface area contributed by atoms with Crippen LogP contribution in [0.5, 0.6) is 0 Å². The van der Waals surface area contributed by atoms with Gasteiger partial charge in [-0.1, -0.05) is 32.9 Å². The Morgan fingerprint density at radius 3 is 2.00 bits per heavy atom. The molecule has 3 aromatic rings. The summed E-state index contributed by atoms with van der Waals surface area (Å²) in [6.45, 7) is 9.34. The summed E-state index contributed by atoms with van der Waals surface area (Å²) >= 11 is 0. The van der Waals surface area contributed by atoms with Crippen LogP contribution in [0, 0.1) is 5.41 Å². The van der Waals surface area contributed by atoms with Gasteiger partial charge in [-0.15, -0.1) is 0 Å². The Kier molecular flexibility index (Phi) is 7.52. The van der Waals surface area contributed by atoms with E-state index in [2.05, 4.69) is 20.6 Å². The number of amides is 3. The Balaban J connectivity index is 1.38. The minimum Gasteiger partial charge on any atom is -0.339 e. The smallest absolute Gasteiger partial charge is 0.253 e. The summed E-state index contributed by atoms with van der Waals surface area (Å²) in [5.41, 5.74) is 3.24. The first-order valence-corrected chi connectivity index (χ1v) is 12.3. The van der Waals surface area contributed by atoms with Crippen LogP contribution in [0.3, 0.4) is 0 Å². The van der Waals surface area contributed by atoms with Gasteiger partial charge in [-0.25, -0.2) is 9.97 Å². The Bertz CT molecular complexity index is 1270. The van der Waals surface area contributed by atoms with Crippen molar-refractivity contribution in [2.75, 3.05) is 36.8 Å². The summed E-state index contributed by atoms with van der Waals surface area (Å²) < 4.78 is 0. The molecule has 1 saturated heterocycles. The predicted molar refractivity (Wildman–Crippen MR) is 143 cm³/mol. The number of carbonyl (C=O) groups is 3. The second-order valence-electron chi connectivity index (χ2n) is 10.0. The second-order valence-corrected chi connectivity index (χ2v) is 10.0. The van der Waals surface area contributed by atoms with Gasteiger partial charge in [0.25, 0.3) is 5.91 Å². The van der Waals surface area contributed by atoms with E-state index in [0.717, 1.165) is 22.6 Å². The number of nitrogens with one attached hydrogen (secondary N) is 2. The minimum absolute atomic E-state index is 0.0374. The second kappa shape index (κ2) is 10.8. The molecule has 2 aromatic carbocycles. The lowest BCUT2D eigenvalue weighted by Gasteiger charge is -2.34. The van der Waals surface area contributed by atoms with E-state index >= 15 is 0 Å². The van der Waals surface area contributed by atoms with E-state index in [4.69, 9.17) is 0 Å². The Morgan fingerprint density at radius 1 is 0.811 bits per heavy atom. The fourth-order valence-electron chi connectivity index (χ4n) is 3.85. The van der Waals surface area contributed by atoms with Gasteiger partial charge in [0.15, 0.2) is 0 Å². The molecule has 2 N–H and O–H groups in total. The minimum atomic E-state index is -0.469. The molecule has 1 aromatic heterocycles. The maximum Gasteiger partial charge on any atom is 0.253 e. The summed E-state index contributed by atoms with van der Waals surface area (Å²) in [6.07, 6.45) is 1.68. The predicted octanol–water partition coefficient (Wildman–Crippen LogP) is 4.18. The van der Waals surface area contributed by atoms with Crippen molar-refractivity contribution in [3.63, 3.8) is 0 Å². The number of piperazine rings is 1. The molecule has 2 heterocycles. The van der Waals surface area contributed by atoms with Crippen molar-refractivity contribution < 1.29 is 14.4 Å². The molecule has 0 radical (unpaired) electrons. The number of hydrogen-bond acceptors (Lipinski definition) is 6. The van der Waals surface area contributed by atoms with Crippen molar-refractivity contribution in [1.29, 1.82) is 0 Å². The largest absolute Gasteiger partial charge is 0.339 e. The molecule has 0 aliphatic carbocycles. The number of rotatable bonds is 5. The van der Waals surface area contributed by atoms with E-state index < -0.39 is 5.41 Å². The lowest BCUT2D eigenvalue weighted by atomic mass is 9.95. The first kappa shape index (κ1) is 25.8. The number of anilines is 3. The van der Waals surface area contributed by atoms with Crippen LogP contribution >= 0.6 is 0 Å².